The Kier molecular flexibility index (Phi) is 4.68. The van der Waals surface area contributed by atoms with Crippen molar-refractivity contribution in [1.82, 2.24) is 5.43 Å². The number of rotatable bonds is 5. The second kappa shape index (κ2) is 6.68. The first kappa shape index (κ1) is 14.0. The molecule has 0 aliphatic rings. The van der Waals surface area contributed by atoms with Crippen molar-refractivity contribution in [2.45, 2.75) is 6.92 Å². The molecule has 0 aromatic heterocycles. The Morgan fingerprint density at radius 2 is 2.15 bits per heavy atom. The van der Waals surface area contributed by atoms with E-state index in [0.717, 1.165) is 10.8 Å². The first-order valence-corrected chi connectivity index (χ1v) is 6.32. The number of nitrogens with zero attached hydrogens (tertiary/aromatic N) is 1. The normalized spacial score (nSPS) is 11.1. The van der Waals surface area contributed by atoms with Crippen LogP contribution in [0.1, 0.15) is 12.5 Å². The van der Waals surface area contributed by atoms with Gasteiger partial charge in [0.25, 0.3) is 5.91 Å². The van der Waals surface area contributed by atoms with Gasteiger partial charge < -0.3 is 9.84 Å². The highest BCUT2D eigenvalue weighted by molar-refractivity contribution is 6.02. The molecule has 0 unspecified atom stereocenters. The third kappa shape index (κ3) is 3.33. The smallest absolute Gasteiger partial charge is 0.266 e. The number of hydrogen-bond donors (Lipinski definition) is 2. The van der Waals surface area contributed by atoms with Crippen LogP contribution in [0.25, 0.3) is 10.8 Å². The quantitative estimate of drug-likeness (QED) is 0.646. The van der Waals surface area contributed by atoms with Crippen LogP contribution < -0.4 is 5.43 Å². The summed E-state index contributed by atoms with van der Waals surface area (Å²) in [4.78, 5) is 11.3. The number of fused-ring (bicyclic) bond motifs is 1. The Bertz CT molecular complexity index is 638. The number of nitrogens with one attached hydrogen (secondary N) is 1. The van der Waals surface area contributed by atoms with Crippen LogP contribution in [0.15, 0.2) is 41.5 Å². The third-order valence-electron chi connectivity index (χ3n) is 2.77. The van der Waals surface area contributed by atoms with Crippen LogP contribution in [0.4, 0.5) is 0 Å². The van der Waals surface area contributed by atoms with Gasteiger partial charge in [-0.1, -0.05) is 30.3 Å². The minimum atomic E-state index is -0.331. The summed E-state index contributed by atoms with van der Waals surface area (Å²) in [6.07, 6.45) is 1.43. The van der Waals surface area contributed by atoms with Gasteiger partial charge in [0.1, 0.15) is 12.4 Å². The van der Waals surface area contributed by atoms with E-state index in [1.54, 1.807) is 6.07 Å². The number of benzene rings is 2. The molecule has 0 spiro atoms. The Balaban J connectivity index is 2.16. The molecule has 2 aromatic carbocycles. The molecule has 2 rings (SSSR count). The lowest BCUT2D eigenvalue weighted by Crippen LogP contribution is -2.22. The van der Waals surface area contributed by atoms with E-state index in [0.29, 0.717) is 12.2 Å². The van der Waals surface area contributed by atoms with Crippen LogP contribution in [-0.2, 0) is 9.53 Å². The fraction of sp³-hybridized carbons (Fsp3) is 0.200. The lowest BCUT2D eigenvalue weighted by Gasteiger charge is -2.04. The van der Waals surface area contributed by atoms with E-state index in [2.05, 4.69) is 10.5 Å². The average molecular weight is 272 g/mol. The lowest BCUT2D eigenvalue weighted by molar-refractivity contribution is -0.125. The van der Waals surface area contributed by atoms with E-state index in [1.807, 2.05) is 37.3 Å². The largest absolute Gasteiger partial charge is 0.507 e. The molecule has 0 fully saturated rings. The summed E-state index contributed by atoms with van der Waals surface area (Å²) < 4.78 is 4.96. The molecule has 2 aromatic rings. The van der Waals surface area contributed by atoms with Gasteiger partial charge in [0, 0.05) is 12.2 Å². The summed E-state index contributed by atoms with van der Waals surface area (Å²) in [6, 6.07) is 11.1. The second-order valence-corrected chi connectivity index (χ2v) is 4.15. The summed E-state index contributed by atoms with van der Waals surface area (Å²) in [6.45, 7) is 2.25. The van der Waals surface area contributed by atoms with Gasteiger partial charge in [0.2, 0.25) is 0 Å². The molecule has 0 aliphatic heterocycles. The molecule has 2 N–H and O–H groups in total. The van der Waals surface area contributed by atoms with E-state index >= 15 is 0 Å². The van der Waals surface area contributed by atoms with Crippen molar-refractivity contribution in [2.75, 3.05) is 13.2 Å². The van der Waals surface area contributed by atoms with Gasteiger partial charge in [-0.3, -0.25) is 4.79 Å². The minimum absolute atomic E-state index is 0.0324. The predicted molar refractivity (Wildman–Crippen MR) is 77.8 cm³/mol. The van der Waals surface area contributed by atoms with Crippen molar-refractivity contribution >= 4 is 22.9 Å². The van der Waals surface area contributed by atoms with E-state index in [-0.39, 0.29) is 18.3 Å². The molecule has 1 amide bonds. The zero-order chi connectivity index (χ0) is 14.4. The third-order valence-corrected chi connectivity index (χ3v) is 2.77. The van der Waals surface area contributed by atoms with Gasteiger partial charge in [-0.15, -0.1) is 0 Å². The first-order valence-electron chi connectivity index (χ1n) is 6.32. The maximum atomic E-state index is 11.3. The fourth-order valence-corrected chi connectivity index (χ4v) is 1.82. The fourth-order valence-electron chi connectivity index (χ4n) is 1.82. The number of amides is 1. The summed E-state index contributed by atoms with van der Waals surface area (Å²) in [5.41, 5.74) is 2.92. The van der Waals surface area contributed by atoms with Gasteiger partial charge in [-0.05, 0) is 23.8 Å². The number of phenols is 1. The highest BCUT2D eigenvalue weighted by Crippen LogP contribution is 2.25. The van der Waals surface area contributed by atoms with Crippen molar-refractivity contribution in [3.8, 4) is 5.75 Å². The van der Waals surface area contributed by atoms with Crippen LogP contribution in [0, 0.1) is 0 Å². The number of carbonyl (C=O) groups is 1. The highest BCUT2D eigenvalue weighted by atomic mass is 16.5. The highest BCUT2D eigenvalue weighted by Gasteiger charge is 2.04. The van der Waals surface area contributed by atoms with Crippen molar-refractivity contribution in [3.63, 3.8) is 0 Å². The molecule has 0 bridgehead atoms. The Morgan fingerprint density at radius 1 is 1.35 bits per heavy atom. The number of hydrazone groups is 1. The summed E-state index contributed by atoms with van der Waals surface area (Å²) >= 11 is 0. The molecule has 0 saturated carbocycles. The van der Waals surface area contributed by atoms with Crippen molar-refractivity contribution < 1.29 is 14.6 Å². The van der Waals surface area contributed by atoms with E-state index in [4.69, 9.17) is 4.74 Å². The van der Waals surface area contributed by atoms with Gasteiger partial charge in [0.05, 0.1) is 6.21 Å². The predicted octanol–water partition coefficient (Wildman–Crippen LogP) is 2.03. The average Bonchev–Trinajstić information content (AvgIpc) is 2.47. The SMILES string of the molecule is CCOCC(=O)N/N=C/c1c(O)ccc2ccccc12. The summed E-state index contributed by atoms with van der Waals surface area (Å²) in [5.74, 6) is -0.214. The molecular weight excluding hydrogens is 256 g/mol. The number of phenolic OH excluding ortho intramolecular Hbond substituents is 1. The van der Waals surface area contributed by atoms with Gasteiger partial charge in [0.15, 0.2) is 0 Å². The van der Waals surface area contributed by atoms with Crippen LogP contribution >= 0.6 is 0 Å². The van der Waals surface area contributed by atoms with Crippen molar-refractivity contribution in [3.05, 3.63) is 42.0 Å². The maximum Gasteiger partial charge on any atom is 0.266 e. The zero-order valence-electron chi connectivity index (χ0n) is 11.2. The van der Waals surface area contributed by atoms with Gasteiger partial charge in [-0.25, -0.2) is 5.43 Å². The Hall–Kier alpha value is -2.40. The van der Waals surface area contributed by atoms with Crippen molar-refractivity contribution in [2.24, 2.45) is 5.10 Å². The van der Waals surface area contributed by atoms with Crippen LogP contribution in [0.2, 0.25) is 0 Å². The van der Waals surface area contributed by atoms with Crippen molar-refractivity contribution in [1.29, 1.82) is 0 Å². The topological polar surface area (TPSA) is 70.9 Å². The van der Waals surface area contributed by atoms with Gasteiger partial charge >= 0.3 is 0 Å². The molecule has 0 heterocycles. The number of aromatic hydroxyl groups is 1. The van der Waals surface area contributed by atoms with Crippen LogP contribution in [0.5, 0.6) is 5.75 Å². The van der Waals surface area contributed by atoms with Gasteiger partial charge in [-0.2, -0.15) is 5.10 Å². The molecule has 20 heavy (non-hydrogen) atoms. The molecular formula is C15H16N2O3. The lowest BCUT2D eigenvalue weighted by atomic mass is 10.0. The van der Waals surface area contributed by atoms with Crippen LogP contribution in [-0.4, -0.2) is 30.4 Å². The second-order valence-electron chi connectivity index (χ2n) is 4.15. The molecule has 104 valence electrons. The molecule has 0 saturated heterocycles. The van der Waals surface area contributed by atoms with E-state index in [1.165, 1.54) is 6.21 Å². The van der Waals surface area contributed by atoms with E-state index in [9.17, 15) is 9.90 Å². The van der Waals surface area contributed by atoms with E-state index < -0.39 is 0 Å². The molecule has 5 heteroatoms. The summed E-state index contributed by atoms with van der Waals surface area (Å²) in [7, 11) is 0. The van der Waals surface area contributed by atoms with Crippen LogP contribution in [0.3, 0.4) is 0 Å². The minimum Gasteiger partial charge on any atom is -0.507 e. The Labute approximate surface area is 116 Å². The maximum absolute atomic E-state index is 11.3. The molecule has 0 radical (unpaired) electrons. The zero-order valence-corrected chi connectivity index (χ0v) is 11.2. The monoisotopic (exact) mass is 272 g/mol. The molecule has 5 nitrogen and oxygen atoms in total. The molecule has 0 aliphatic carbocycles. The first-order chi connectivity index (χ1) is 9.72. The molecule has 0 atom stereocenters. The standard InChI is InChI=1S/C15H16N2O3/c1-2-20-10-15(19)17-16-9-13-12-6-4-3-5-11(12)7-8-14(13)18/h3-9,18H,2,10H2,1H3,(H,17,19)/b16-9+. The Morgan fingerprint density at radius 3 is 2.95 bits per heavy atom. The number of carbonyl (C=O) groups excluding carboxylic acids is 1. The number of ether oxygens (including phenoxy) is 1. The number of hydrogen-bond acceptors (Lipinski definition) is 4. The summed E-state index contributed by atoms with van der Waals surface area (Å²) in [5, 5.41) is 15.6.